The van der Waals surface area contributed by atoms with Crippen LogP contribution in [0.4, 0.5) is 0 Å². The van der Waals surface area contributed by atoms with Crippen molar-refractivity contribution in [2.24, 2.45) is 0 Å². The maximum absolute atomic E-state index is 10.4. The molecule has 0 bridgehead atoms. The summed E-state index contributed by atoms with van der Waals surface area (Å²) in [5.41, 5.74) is 0.278. The summed E-state index contributed by atoms with van der Waals surface area (Å²) in [6.07, 6.45) is 0.608. The van der Waals surface area contributed by atoms with Gasteiger partial charge in [0.25, 0.3) is 0 Å². The van der Waals surface area contributed by atoms with Crippen molar-refractivity contribution in [2.75, 3.05) is 7.11 Å². The molecule has 0 atom stereocenters. The third kappa shape index (κ3) is 1.69. The maximum Gasteiger partial charge on any atom is 0.153 e. The van der Waals surface area contributed by atoms with E-state index in [9.17, 15) is 9.90 Å². The molecule has 3 nitrogen and oxygen atoms in total. The maximum atomic E-state index is 10.4. The standard InChI is InChI=1S/C8H7IO3/c1-12-8-3-7(11)5(4-10)2-6(8)9/h2-4,11H,1H3. The zero-order valence-corrected chi connectivity index (χ0v) is 8.53. The molecule has 0 unspecified atom stereocenters. The Bertz CT molecular complexity index is 309. The zero-order valence-electron chi connectivity index (χ0n) is 6.37. The van der Waals surface area contributed by atoms with Crippen LogP contribution in [-0.2, 0) is 0 Å². The number of phenols is 1. The molecular formula is C8H7IO3. The second kappa shape index (κ2) is 3.75. The van der Waals surface area contributed by atoms with E-state index in [0.717, 1.165) is 3.57 Å². The van der Waals surface area contributed by atoms with Gasteiger partial charge in [0.05, 0.1) is 16.2 Å². The second-order valence-electron chi connectivity index (χ2n) is 2.16. The van der Waals surface area contributed by atoms with Crippen LogP contribution in [0.5, 0.6) is 11.5 Å². The van der Waals surface area contributed by atoms with Crippen LogP contribution in [0.1, 0.15) is 10.4 Å². The molecule has 0 aliphatic heterocycles. The molecule has 1 aromatic carbocycles. The Hall–Kier alpha value is -0.780. The SMILES string of the molecule is COc1cc(O)c(C=O)cc1I. The summed E-state index contributed by atoms with van der Waals surface area (Å²) >= 11 is 2.03. The molecule has 0 aliphatic rings. The van der Waals surface area contributed by atoms with Crippen LogP contribution in [0.25, 0.3) is 0 Å². The van der Waals surface area contributed by atoms with E-state index in [2.05, 4.69) is 0 Å². The lowest BCUT2D eigenvalue weighted by atomic mass is 10.2. The molecule has 4 heteroatoms. The van der Waals surface area contributed by atoms with Gasteiger partial charge >= 0.3 is 0 Å². The van der Waals surface area contributed by atoms with E-state index in [1.165, 1.54) is 13.2 Å². The van der Waals surface area contributed by atoms with E-state index in [1.807, 2.05) is 22.6 Å². The minimum Gasteiger partial charge on any atom is -0.507 e. The average Bonchev–Trinajstić information content (AvgIpc) is 2.08. The van der Waals surface area contributed by atoms with Gasteiger partial charge in [-0.05, 0) is 28.7 Å². The smallest absolute Gasteiger partial charge is 0.153 e. The number of aromatic hydroxyl groups is 1. The van der Waals surface area contributed by atoms with Gasteiger partial charge in [0.15, 0.2) is 6.29 Å². The van der Waals surface area contributed by atoms with Crippen molar-refractivity contribution in [3.8, 4) is 11.5 Å². The number of ether oxygens (including phenoxy) is 1. The molecule has 1 rings (SSSR count). The van der Waals surface area contributed by atoms with Crippen LogP contribution in [0, 0.1) is 3.57 Å². The van der Waals surface area contributed by atoms with Gasteiger partial charge in [0.2, 0.25) is 0 Å². The van der Waals surface area contributed by atoms with Crippen LogP contribution >= 0.6 is 22.6 Å². The Kier molecular flexibility index (Phi) is 2.91. The van der Waals surface area contributed by atoms with Crippen molar-refractivity contribution >= 4 is 28.9 Å². The summed E-state index contributed by atoms with van der Waals surface area (Å²) in [5, 5.41) is 9.23. The predicted molar refractivity (Wildman–Crippen MR) is 52.8 cm³/mol. The van der Waals surface area contributed by atoms with E-state index >= 15 is 0 Å². The molecule has 64 valence electrons. The molecule has 0 saturated carbocycles. The molecule has 0 aromatic heterocycles. The minimum absolute atomic E-state index is 0.0535. The number of halogens is 1. The predicted octanol–water partition coefficient (Wildman–Crippen LogP) is 1.82. The summed E-state index contributed by atoms with van der Waals surface area (Å²) in [6, 6.07) is 2.99. The van der Waals surface area contributed by atoms with Crippen molar-refractivity contribution in [1.29, 1.82) is 0 Å². The van der Waals surface area contributed by atoms with Crippen molar-refractivity contribution in [1.82, 2.24) is 0 Å². The number of carbonyl (C=O) groups is 1. The summed E-state index contributed by atoms with van der Waals surface area (Å²) in [6.45, 7) is 0. The third-order valence-electron chi connectivity index (χ3n) is 1.43. The summed E-state index contributed by atoms with van der Waals surface area (Å²) in [5.74, 6) is 0.515. The Morgan fingerprint density at radius 2 is 2.25 bits per heavy atom. The van der Waals surface area contributed by atoms with Crippen LogP contribution < -0.4 is 4.74 Å². The molecule has 0 spiro atoms. The molecule has 1 N–H and O–H groups in total. The lowest BCUT2D eigenvalue weighted by molar-refractivity contribution is 0.112. The minimum atomic E-state index is -0.0535. The van der Waals surface area contributed by atoms with E-state index in [1.54, 1.807) is 6.07 Å². The first kappa shape index (κ1) is 9.31. The molecule has 1 aromatic rings. The van der Waals surface area contributed by atoms with Gasteiger partial charge in [-0.1, -0.05) is 0 Å². The van der Waals surface area contributed by atoms with Crippen LogP contribution in [0.3, 0.4) is 0 Å². The molecule has 0 radical (unpaired) electrons. The number of benzene rings is 1. The number of methoxy groups -OCH3 is 1. The Labute approximate surface area is 83.5 Å². The van der Waals surface area contributed by atoms with Crippen LogP contribution in [-0.4, -0.2) is 18.5 Å². The first-order valence-corrected chi connectivity index (χ1v) is 4.28. The van der Waals surface area contributed by atoms with Crippen molar-refractivity contribution < 1.29 is 14.6 Å². The molecule has 12 heavy (non-hydrogen) atoms. The van der Waals surface area contributed by atoms with E-state index in [-0.39, 0.29) is 11.3 Å². The number of rotatable bonds is 2. The third-order valence-corrected chi connectivity index (χ3v) is 2.27. The monoisotopic (exact) mass is 278 g/mol. The zero-order chi connectivity index (χ0) is 9.14. The highest BCUT2D eigenvalue weighted by atomic mass is 127. The number of hydrogen-bond donors (Lipinski definition) is 1. The Morgan fingerprint density at radius 1 is 1.58 bits per heavy atom. The van der Waals surface area contributed by atoms with Crippen molar-refractivity contribution in [3.63, 3.8) is 0 Å². The van der Waals surface area contributed by atoms with Crippen molar-refractivity contribution in [2.45, 2.75) is 0 Å². The summed E-state index contributed by atoms with van der Waals surface area (Å²) < 4.78 is 5.74. The van der Waals surface area contributed by atoms with Gasteiger partial charge in [-0.3, -0.25) is 4.79 Å². The highest BCUT2D eigenvalue weighted by Gasteiger charge is 2.06. The van der Waals surface area contributed by atoms with Gasteiger partial charge in [0.1, 0.15) is 11.5 Å². The first-order chi connectivity index (χ1) is 5.69. The number of phenolic OH excluding ortho intramolecular Hbond substituents is 1. The van der Waals surface area contributed by atoms with Crippen LogP contribution in [0.15, 0.2) is 12.1 Å². The summed E-state index contributed by atoms with van der Waals surface area (Å²) in [7, 11) is 1.51. The molecule has 0 aliphatic carbocycles. The fourth-order valence-corrected chi connectivity index (χ4v) is 1.52. The normalized spacial score (nSPS) is 9.50. The van der Waals surface area contributed by atoms with Crippen LogP contribution in [0.2, 0.25) is 0 Å². The largest absolute Gasteiger partial charge is 0.507 e. The quantitative estimate of drug-likeness (QED) is 0.663. The highest BCUT2D eigenvalue weighted by molar-refractivity contribution is 14.1. The van der Waals surface area contributed by atoms with Gasteiger partial charge in [-0.25, -0.2) is 0 Å². The molecule has 0 amide bonds. The van der Waals surface area contributed by atoms with E-state index in [4.69, 9.17) is 4.74 Å². The van der Waals surface area contributed by atoms with Crippen molar-refractivity contribution in [3.05, 3.63) is 21.3 Å². The first-order valence-electron chi connectivity index (χ1n) is 3.20. The topological polar surface area (TPSA) is 46.5 Å². The Balaban J connectivity index is 3.25. The number of hydrogen-bond acceptors (Lipinski definition) is 3. The fourth-order valence-electron chi connectivity index (χ4n) is 0.809. The molecule has 0 fully saturated rings. The highest BCUT2D eigenvalue weighted by Crippen LogP contribution is 2.27. The van der Waals surface area contributed by atoms with Gasteiger partial charge in [0, 0.05) is 6.07 Å². The molecule has 0 saturated heterocycles. The Morgan fingerprint density at radius 3 is 2.75 bits per heavy atom. The second-order valence-corrected chi connectivity index (χ2v) is 3.33. The summed E-state index contributed by atoms with van der Waals surface area (Å²) in [4.78, 5) is 10.4. The average molecular weight is 278 g/mol. The van der Waals surface area contributed by atoms with Gasteiger partial charge < -0.3 is 9.84 Å². The number of aldehydes is 1. The lowest BCUT2D eigenvalue weighted by Gasteiger charge is -2.04. The lowest BCUT2D eigenvalue weighted by Crippen LogP contribution is -1.89. The van der Waals surface area contributed by atoms with E-state index < -0.39 is 0 Å². The van der Waals surface area contributed by atoms with Gasteiger partial charge in [-0.2, -0.15) is 0 Å². The molecular weight excluding hydrogens is 271 g/mol. The molecule has 0 heterocycles. The van der Waals surface area contributed by atoms with E-state index in [0.29, 0.717) is 12.0 Å². The number of carbonyl (C=O) groups excluding carboxylic acids is 1. The fraction of sp³-hybridized carbons (Fsp3) is 0.125. The van der Waals surface area contributed by atoms with Gasteiger partial charge in [-0.15, -0.1) is 0 Å².